The van der Waals surface area contributed by atoms with Gasteiger partial charge in [0.05, 0.1) is 0 Å². The first-order chi connectivity index (χ1) is 7.00. The molecule has 0 saturated carbocycles. The predicted octanol–water partition coefficient (Wildman–Crippen LogP) is 1.88. The summed E-state index contributed by atoms with van der Waals surface area (Å²) in [5.74, 6) is -0.291. The maximum absolute atomic E-state index is 11.6. The van der Waals surface area contributed by atoms with E-state index in [4.69, 9.17) is 11.6 Å². The zero-order valence-corrected chi connectivity index (χ0v) is 9.34. The number of benzene rings is 1. The molecule has 1 unspecified atom stereocenters. The van der Waals surface area contributed by atoms with Gasteiger partial charge in [-0.3, -0.25) is 9.59 Å². The molecule has 0 aliphatic rings. The van der Waals surface area contributed by atoms with Crippen molar-refractivity contribution in [2.75, 3.05) is 0 Å². The van der Waals surface area contributed by atoms with E-state index in [0.717, 1.165) is 5.56 Å². The van der Waals surface area contributed by atoms with Crippen LogP contribution in [0.25, 0.3) is 0 Å². The number of halogens is 1. The maximum atomic E-state index is 11.6. The smallest absolute Gasteiger partial charge is 0.251 e. The molecule has 0 heterocycles. The highest BCUT2D eigenvalue weighted by Gasteiger charge is 2.14. The second kappa shape index (κ2) is 4.94. The Balaban J connectivity index is 2.73. The van der Waals surface area contributed by atoms with Crippen LogP contribution in [0.15, 0.2) is 24.3 Å². The van der Waals surface area contributed by atoms with Gasteiger partial charge in [-0.15, -0.1) is 0 Å². The summed E-state index contributed by atoms with van der Waals surface area (Å²) in [7, 11) is 0. The van der Waals surface area contributed by atoms with Crippen molar-refractivity contribution in [1.29, 1.82) is 0 Å². The molecule has 0 aromatic heterocycles. The van der Waals surface area contributed by atoms with E-state index in [2.05, 4.69) is 5.32 Å². The molecular weight excluding hydrogens is 214 g/mol. The van der Waals surface area contributed by atoms with Crippen LogP contribution in [0.4, 0.5) is 0 Å². The second-order valence-electron chi connectivity index (χ2n) is 3.37. The quantitative estimate of drug-likeness (QED) is 0.799. The zero-order chi connectivity index (χ0) is 11.4. The first-order valence-corrected chi connectivity index (χ1v) is 4.95. The minimum atomic E-state index is -0.667. The fourth-order valence-electron chi connectivity index (χ4n) is 1.12. The number of carbonyl (C=O) groups excluding carboxylic acids is 2. The zero-order valence-electron chi connectivity index (χ0n) is 8.58. The van der Waals surface area contributed by atoms with Crippen LogP contribution < -0.4 is 5.32 Å². The van der Waals surface area contributed by atoms with Gasteiger partial charge >= 0.3 is 0 Å². The van der Waals surface area contributed by atoms with Crippen LogP contribution in [0.3, 0.4) is 0 Å². The molecule has 0 bridgehead atoms. The van der Waals surface area contributed by atoms with Crippen LogP contribution in [-0.2, 0) is 4.79 Å². The normalized spacial score (nSPS) is 11.9. The number of carbonyl (C=O) groups is 2. The van der Waals surface area contributed by atoms with Crippen molar-refractivity contribution in [2.24, 2.45) is 0 Å². The van der Waals surface area contributed by atoms with Crippen molar-refractivity contribution in [3.05, 3.63) is 35.4 Å². The van der Waals surface area contributed by atoms with Crippen LogP contribution in [0.5, 0.6) is 0 Å². The summed E-state index contributed by atoms with van der Waals surface area (Å²) in [6.45, 7) is 3.44. The topological polar surface area (TPSA) is 46.2 Å². The van der Waals surface area contributed by atoms with Crippen molar-refractivity contribution < 1.29 is 9.59 Å². The van der Waals surface area contributed by atoms with E-state index in [0.29, 0.717) is 5.56 Å². The lowest BCUT2D eigenvalue weighted by atomic mass is 10.1. The minimum Gasteiger partial charge on any atom is -0.341 e. The number of rotatable bonds is 3. The molecule has 0 radical (unpaired) electrons. The second-order valence-corrected chi connectivity index (χ2v) is 3.74. The number of hydrogen-bond donors (Lipinski definition) is 1. The van der Waals surface area contributed by atoms with Gasteiger partial charge in [0, 0.05) is 5.56 Å². The van der Waals surface area contributed by atoms with Gasteiger partial charge in [0.1, 0.15) is 6.04 Å². The Morgan fingerprint density at radius 2 is 2.07 bits per heavy atom. The van der Waals surface area contributed by atoms with Gasteiger partial charge in [-0.25, -0.2) is 0 Å². The summed E-state index contributed by atoms with van der Waals surface area (Å²) in [5.41, 5.74) is 1.52. The molecule has 1 aromatic carbocycles. The average Bonchev–Trinajstić information content (AvgIpc) is 2.17. The number of aryl methyl sites for hydroxylation is 1. The number of nitrogens with one attached hydrogen (secondary N) is 1. The Morgan fingerprint density at radius 3 is 2.60 bits per heavy atom. The summed E-state index contributed by atoms with van der Waals surface area (Å²) in [5, 5.41) is 1.93. The molecular formula is C11H12ClNO2. The first kappa shape index (κ1) is 11.7. The van der Waals surface area contributed by atoms with E-state index in [1.807, 2.05) is 13.0 Å². The molecule has 0 fully saturated rings. The molecule has 1 rings (SSSR count). The van der Waals surface area contributed by atoms with Crippen molar-refractivity contribution in [3.63, 3.8) is 0 Å². The van der Waals surface area contributed by atoms with Crippen LogP contribution >= 0.6 is 11.6 Å². The fourth-order valence-corrected chi connectivity index (χ4v) is 1.18. The van der Waals surface area contributed by atoms with Gasteiger partial charge in [-0.2, -0.15) is 0 Å². The first-order valence-electron chi connectivity index (χ1n) is 4.57. The van der Waals surface area contributed by atoms with Crippen molar-refractivity contribution in [1.82, 2.24) is 5.32 Å². The van der Waals surface area contributed by atoms with Gasteiger partial charge in [0.25, 0.3) is 5.91 Å². The van der Waals surface area contributed by atoms with Gasteiger partial charge < -0.3 is 5.32 Å². The molecule has 1 N–H and O–H groups in total. The van der Waals surface area contributed by atoms with Gasteiger partial charge in [0.2, 0.25) is 5.24 Å². The Kier molecular flexibility index (Phi) is 3.86. The molecule has 1 aromatic rings. The monoisotopic (exact) mass is 225 g/mol. The molecule has 0 spiro atoms. The molecule has 80 valence electrons. The fraction of sp³-hybridized carbons (Fsp3) is 0.273. The predicted molar refractivity (Wildman–Crippen MR) is 59.0 cm³/mol. The molecule has 3 nitrogen and oxygen atoms in total. The Labute approximate surface area is 93.4 Å². The summed E-state index contributed by atoms with van der Waals surface area (Å²) in [4.78, 5) is 22.3. The van der Waals surface area contributed by atoms with Crippen molar-refractivity contribution >= 4 is 22.8 Å². The average molecular weight is 226 g/mol. The van der Waals surface area contributed by atoms with Crippen molar-refractivity contribution in [3.8, 4) is 0 Å². The van der Waals surface area contributed by atoms with Crippen LogP contribution in [0.1, 0.15) is 22.8 Å². The third-order valence-electron chi connectivity index (χ3n) is 1.97. The molecule has 4 heteroatoms. The van der Waals surface area contributed by atoms with Crippen molar-refractivity contribution in [2.45, 2.75) is 19.9 Å². The highest BCUT2D eigenvalue weighted by molar-refractivity contribution is 6.64. The largest absolute Gasteiger partial charge is 0.341 e. The third kappa shape index (κ3) is 3.36. The van der Waals surface area contributed by atoms with Gasteiger partial charge in [-0.1, -0.05) is 17.7 Å². The standard InChI is InChI=1S/C11H12ClNO2/c1-7-4-3-5-9(6-7)11(15)13-8(2)10(12)14/h3-6,8H,1-2H3,(H,13,15). The maximum Gasteiger partial charge on any atom is 0.251 e. The molecule has 1 amide bonds. The van der Waals surface area contributed by atoms with Crippen LogP contribution in [0.2, 0.25) is 0 Å². The SMILES string of the molecule is Cc1cccc(C(=O)NC(C)C(=O)Cl)c1. The van der Waals surface area contributed by atoms with E-state index in [1.165, 1.54) is 0 Å². The van der Waals surface area contributed by atoms with E-state index in [-0.39, 0.29) is 5.91 Å². The highest BCUT2D eigenvalue weighted by Crippen LogP contribution is 2.04. The molecule has 15 heavy (non-hydrogen) atoms. The van der Waals surface area contributed by atoms with E-state index in [1.54, 1.807) is 25.1 Å². The summed E-state index contributed by atoms with van der Waals surface area (Å²) < 4.78 is 0. The Hall–Kier alpha value is -1.35. The lowest BCUT2D eigenvalue weighted by Crippen LogP contribution is -2.36. The van der Waals surface area contributed by atoms with Gasteiger partial charge in [0.15, 0.2) is 0 Å². The molecule has 1 atom stereocenters. The summed E-state index contributed by atoms with van der Waals surface area (Å²) in [6.07, 6.45) is 0. The third-order valence-corrected chi connectivity index (χ3v) is 2.30. The Bertz CT molecular complexity index is 390. The lowest BCUT2D eigenvalue weighted by Gasteiger charge is -2.09. The van der Waals surface area contributed by atoms with E-state index >= 15 is 0 Å². The Morgan fingerprint density at radius 1 is 1.40 bits per heavy atom. The lowest BCUT2D eigenvalue weighted by molar-refractivity contribution is -0.113. The number of amides is 1. The summed E-state index contributed by atoms with van der Waals surface area (Å²) in [6, 6.07) is 6.46. The van der Waals surface area contributed by atoms with E-state index in [9.17, 15) is 9.59 Å². The summed E-state index contributed by atoms with van der Waals surface area (Å²) >= 11 is 5.24. The minimum absolute atomic E-state index is 0.291. The molecule has 0 saturated heterocycles. The molecule has 0 aliphatic carbocycles. The van der Waals surface area contributed by atoms with Gasteiger partial charge in [-0.05, 0) is 37.6 Å². The highest BCUT2D eigenvalue weighted by atomic mass is 35.5. The molecule has 0 aliphatic heterocycles. The number of hydrogen-bond acceptors (Lipinski definition) is 2. The van der Waals surface area contributed by atoms with E-state index < -0.39 is 11.3 Å². The van der Waals surface area contributed by atoms with Crippen LogP contribution in [0, 0.1) is 6.92 Å². The van der Waals surface area contributed by atoms with Crippen LogP contribution in [-0.4, -0.2) is 17.2 Å².